The second-order valence-corrected chi connectivity index (χ2v) is 8.53. The van der Waals surface area contributed by atoms with Gasteiger partial charge in [0.2, 0.25) is 6.10 Å². The van der Waals surface area contributed by atoms with Crippen LogP contribution in [0.1, 0.15) is 46.6 Å². The topological polar surface area (TPSA) is 45.6 Å². The highest BCUT2D eigenvalue weighted by molar-refractivity contribution is 6.33. The average molecular weight is 345 g/mol. The van der Waals surface area contributed by atoms with Crippen LogP contribution in [0.5, 0.6) is 5.75 Å². The van der Waals surface area contributed by atoms with Crippen LogP contribution in [0, 0.1) is 5.41 Å². The summed E-state index contributed by atoms with van der Waals surface area (Å²) in [6.07, 6.45) is 5.76. The van der Waals surface area contributed by atoms with Gasteiger partial charge in [-0.2, -0.15) is 4.79 Å². The molecule has 24 heavy (non-hydrogen) atoms. The molecule has 0 heterocycles. The SMILES string of the molecule is CC(C)(C)CC(C)(C)c1ccc(OC2C=CC(Cl)=CC2=[N+]=[N-])cc1. The number of halogens is 1. The van der Waals surface area contributed by atoms with Crippen molar-refractivity contribution in [3.63, 3.8) is 0 Å². The molecular weight excluding hydrogens is 320 g/mol. The third-order valence-corrected chi connectivity index (χ3v) is 4.23. The molecule has 0 aromatic heterocycles. The van der Waals surface area contributed by atoms with Crippen molar-refractivity contribution in [2.45, 2.75) is 52.6 Å². The van der Waals surface area contributed by atoms with Crippen LogP contribution in [0.3, 0.4) is 0 Å². The molecule has 1 aliphatic rings. The summed E-state index contributed by atoms with van der Waals surface area (Å²) in [7, 11) is 0. The lowest BCUT2D eigenvalue weighted by atomic mass is 9.72. The Labute approximate surface area is 149 Å². The Hall–Kier alpha value is -1.83. The van der Waals surface area contributed by atoms with E-state index >= 15 is 0 Å². The normalized spacial score (nSPS) is 18.2. The molecular formula is C20H25ClN2O. The first-order chi connectivity index (χ1) is 11.1. The van der Waals surface area contributed by atoms with Gasteiger partial charge in [-0.05, 0) is 47.1 Å². The number of ether oxygens (including phenoxy) is 1. The maximum absolute atomic E-state index is 9.09. The van der Waals surface area contributed by atoms with Gasteiger partial charge in [0.25, 0.3) is 0 Å². The Kier molecular flexibility index (Phi) is 5.37. The number of hydrogen-bond donors (Lipinski definition) is 0. The highest BCUT2D eigenvalue weighted by atomic mass is 35.5. The van der Waals surface area contributed by atoms with Crippen LogP contribution in [-0.2, 0) is 5.41 Å². The van der Waals surface area contributed by atoms with Gasteiger partial charge in [-0.15, -0.1) is 0 Å². The van der Waals surface area contributed by atoms with Gasteiger partial charge >= 0.3 is 5.71 Å². The Morgan fingerprint density at radius 3 is 2.29 bits per heavy atom. The predicted molar refractivity (Wildman–Crippen MR) is 99.7 cm³/mol. The fourth-order valence-corrected chi connectivity index (χ4v) is 3.48. The summed E-state index contributed by atoms with van der Waals surface area (Å²) in [5.41, 5.74) is 11.1. The summed E-state index contributed by atoms with van der Waals surface area (Å²) in [4.78, 5) is 3.25. The Morgan fingerprint density at radius 2 is 1.75 bits per heavy atom. The summed E-state index contributed by atoms with van der Waals surface area (Å²) in [6.45, 7) is 11.3. The molecule has 1 unspecified atom stereocenters. The second kappa shape index (κ2) is 6.96. The monoisotopic (exact) mass is 344 g/mol. The first kappa shape index (κ1) is 18.5. The molecule has 0 N–H and O–H groups in total. The Balaban J connectivity index is 2.13. The molecule has 0 saturated heterocycles. The zero-order valence-electron chi connectivity index (χ0n) is 15.0. The minimum atomic E-state index is -0.439. The van der Waals surface area contributed by atoms with Crippen LogP contribution in [0.15, 0.2) is 47.5 Å². The molecule has 0 radical (unpaired) electrons. The van der Waals surface area contributed by atoms with E-state index in [-0.39, 0.29) is 10.8 Å². The molecule has 0 spiro atoms. The summed E-state index contributed by atoms with van der Waals surface area (Å²) < 4.78 is 5.89. The van der Waals surface area contributed by atoms with Crippen molar-refractivity contribution >= 4 is 17.3 Å². The number of rotatable bonds is 4. The molecule has 0 fully saturated rings. The van der Waals surface area contributed by atoms with Crippen molar-refractivity contribution < 1.29 is 9.53 Å². The molecule has 4 heteroatoms. The second-order valence-electron chi connectivity index (χ2n) is 8.10. The third kappa shape index (κ3) is 4.83. The fourth-order valence-electron chi connectivity index (χ4n) is 3.29. The Morgan fingerprint density at radius 1 is 1.12 bits per heavy atom. The van der Waals surface area contributed by atoms with Crippen molar-refractivity contribution in [3.05, 3.63) is 58.6 Å². The lowest BCUT2D eigenvalue weighted by Crippen LogP contribution is -2.27. The first-order valence-corrected chi connectivity index (χ1v) is 8.53. The molecule has 0 aliphatic heterocycles. The molecule has 0 saturated carbocycles. The third-order valence-electron chi connectivity index (χ3n) is 3.99. The molecule has 128 valence electrons. The van der Waals surface area contributed by atoms with Crippen molar-refractivity contribution in [2.24, 2.45) is 5.41 Å². The van der Waals surface area contributed by atoms with Gasteiger partial charge in [0.15, 0.2) is 0 Å². The Bertz CT molecular complexity index is 702. The molecule has 0 bridgehead atoms. The minimum absolute atomic E-state index is 0.0928. The fraction of sp³-hybridized carbons (Fsp3) is 0.450. The molecule has 2 rings (SSSR count). The summed E-state index contributed by atoms with van der Waals surface area (Å²) >= 11 is 5.91. The lowest BCUT2D eigenvalue weighted by Gasteiger charge is -2.33. The molecule has 3 nitrogen and oxygen atoms in total. The van der Waals surface area contributed by atoms with E-state index < -0.39 is 6.10 Å². The lowest BCUT2D eigenvalue weighted by molar-refractivity contribution is -0.0135. The van der Waals surface area contributed by atoms with Crippen LogP contribution in [0.25, 0.3) is 5.53 Å². The highest BCUT2D eigenvalue weighted by Crippen LogP contribution is 2.36. The van der Waals surface area contributed by atoms with Crippen molar-refractivity contribution in [1.82, 2.24) is 0 Å². The average Bonchev–Trinajstić information content (AvgIpc) is 2.47. The minimum Gasteiger partial charge on any atom is -0.474 e. The van der Waals surface area contributed by atoms with Crippen molar-refractivity contribution in [2.75, 3.05) is 0 Å². The van der Waals surface area contributed by atoms with E-state index in [4.69, 9.17) is 21.9 Å². The van der Waals surface area contributed by atoms with E-state index in [0.717, 1.165) is 12.2 Å². The largest absolute Gasteiger partial charge is 0.474 e. The zero-order valence-corrected chi connectivity index (χ0v) is 15.8. The maximum Gasteiger partial charge on any atom is 0.337 e. The molecule has 0 amide bonds. The predicted octanol–water partition coefficient (Wildman–Crippen LogP) is 5.51. The van der Waals surface area contributed by atoms with Gasteiger partial charge < -0.3 is 10.3 Å². The standard InChI is InChI=1S/C20H25ClN2O/c1-19(2,3)13-20(4,5)14-6-9-16(10-7-14)24-18-11-8-15(21)12-17(18)23-22/h6-12,18H,13H2,1-5H3. The zero-order chi connectivity index (χ0) is 18.0. The maximum atomic E-state index is 9.09. The smallest absolute Gasteiger partial charge is 0.337 e. The first-order valence-electron chi connectivity index (χ1n) is 8.15. The number of nitrogens with zero attached hydrogens (tertiary/aromatic N) is 2. The van der Waals surface area contributed by atoms with Gasteiger partial charge in [0.1, 0.15) is 5.75 Å². The van der Waals surface area contributed by atoms with E-state index in [1.807, 2.05) is 12.1 Å². The van der Waals surface area contributed by atoms with Crippen LogP contribution < -0.4 is 4.74 Å². The number of benzene rings is 1. The van der Waals surface area contributed by atoms with Gasteiger partial charge in [-0.3, -0.25) is 0 Å². The van der Waals surface area contributed by atoms with Crippen molar-refractivity contribution in [1.29, 1.82) is 0 Å². The van der Waals surface area contributed by atoms with E-state index in [0.29, 0.717) is 10.7 Å². The quantitative estimate of drug-likeness (QED) is 0.524. The molecule has 1 aromatic carbocycles. The van der Waals surface area contributed by atoms with Gasteiger partial charge in [-0.25, -0.2) is 0 Å². The molecule has 1 atom stereocenters. The summed E-state index contributed by atoms with van der Waals surface area (Å²) in [5, 5.41) is 0.516. The summed E-state index contributed by atoms with van der Waals surface area (Å²) in [5.74, 6) is 0.729. The summed E-state index contributed by atoms with van der Waals surface area (Å²) in [6, 6.07) is 8.13. The number of hydrogen-bond acceptors (Lipinski definition) is 1. The van der Waals surface area contributed by atoms with E-state index in [1.54, 1.807) is 18.2 Å². The van der Waals surface area contributed by atoms with Gasteiger partial charge in [0, 0.05) is 11.1 Å². The number of allylic oxidation sites excluding steroid dienone is 2. The van der Waals surface area contributed by atoms with E-state index in [2.05, 4.69) is 51.5 Å². The van der Waals surface area contributed by atoms with Gasteiger partial charge in [0.05, 0.1) is 0 Å². The van der Waals surface area contributed by atoms with E-state index in [1.165, 1.54) is 5.56 Å². The van der Waals surface area contributed by atoms with Crippen LogP contribution in [0.2, 0.25) is 0 Å². The highest BCUT2D eigenvalue weighted by Gasteiger charge is 2.28. The van der Waals surface area contributed by atoms with Crippen LogP contribution in [0.4, 0.5) is 0 Å². The van der Waals surface area contributed by atoms with Gasteiger partial charge in [-0.1, -0.05) is 58.4 Å². The van der Waals surface area contributed by atoms with E-state index in [9.17, 15) is 0 Å². The molecule has 1 aromatic rings. The van der Waals surface area contributed by atoms with Crippen molar-refractivity contribution in [3.8, 4) is 5.75 Å². The molecule has 1 aliphatic carbocycles. The van der Waals surface area contributed by atoms with Crippen LogP contribution in [-0.4, -0.2) is 16.6 Å². The van der Waals surface area contributed by atoms with Crippen LogP contribution >= 0.6 is 11.6 Å².